The number of hydrogen-bond acceptors (Lipinski definition) is 10. The Hall–Kier alpha value is -4.57. The Bertz CT molecular complexity index is 1550. The quantitative estimate of drug-likeness (QED) is 0.203. The van der Waals surface area contributed by atoms with Crippen molar-refractivity contribution in [2.45, 2.75) is 129 Å². The van der Waals surface area contributed by atoms with Crippen LogP contribution in [-0.2, 0) is 43.0 Å². The van der Waals surface area contributed by atoms with Gasteiger partial charge in [-0.25, -0.2) is 4.79 Å². The minimum absolute atomic E-state index is 0.0446. The van der Waals surface area contributed by atoms with Gasteiger partial charge in [0.1, 0.15) is 35.9 Å². The number of hydrogen-bond donors (Lipinski definition) is 4. The topological polar surface area (TPSA) is 202 Å². The third-order valence-electron chi connectivity index (χ3n) is 8.81. The highest BCUT2D eigenvalue weighted by atomic mass is 16.8. The third kappa shape index (κ3) is 11.7. The molecule has 16 nitrogen and oxygen atoms in total. The van der Waals surface area contributed by atoms with Gasteiger partial charge in [0.25, 0.3) is 5.91 Å². The highest BCUT2D eigenvalue weighted by Crippen LogP contribution is 2.38. The molecule has 4 N–H and O–H groups in total. The van der Waals surface area contributed by atoms with E-state index in [-0.39, 0.29) is 13.0 Å². The van der Waals surface area contributed by atoms with Gasteiger partial charge in [-0.2, -0.15) is 0 Å². The molecule has 0 aromatic heterocycles. The van der Waals surface area contributed by atoms with Gasteiger partial charge in [0.15, 0.2) is 5.79 Å². The number of amides is 6. The highest BCUT2D eigenvalue weighted by Gasteiger charge is 2.58. The molecular weight excluding hydrogens is 700 g/mol. The van der Waals surface area contributed by atoms with Crippen LogP contribution in [0.2, 0.25) is 0 Å². The van der Waals surface area contributed by atoms with E-state index in [1.165, 1.54) is 9.80 Å². The lowest BCUT2D eigenvalue weighted by molar-refractivity contribution is -0.171. The fraction of sp³-hybridized carbons (Fsp3) is 0.658. The van der Waals surface area contributed by atoms with Crippen molar-refractivity contribution in [1.29, 1.82) is 0 Å². The molecule has 1 aromatic rings. The Morgan fingerprint density at radius 2 is 1.57 bits per heavy atom. The maximum absolute atomic E-state index is 14.3. The summed E-state index contributed by atoms with van der Waals surface area (Å²) >= 11 is 0. The molecule has 16 heteroatoms. The number of likely N-dealkylation sites (tertiary alicyclic amines) is 1. The molecule has 54 heavy (non-hydrogen) atoms. The van der Waals surface area contributed by atoms with E-state index in [0.717, 1.165) is 0 Å². The predicted molar refractivity (Wildman–Crippen MR) is 197 cm³/mol. The first-order valence-electron chi connectivity index (χ1n) is 18.3. The minimum atomic E-state index is -1.31. The summed E-state index contributed by atoms with van der Waals surface area (Å²) < 4.78 is 17.6. The van der Waals surface area contributed by atoms with E-state index in [4.69, 9.17) is 14.2 Å². The summed E-state index contributed by atoms with van der Waals surface area (Å²) in [6.07, 6.45) is -1.24. The van der Waals surface area contributed by atoms with Crippen LogP contribution < -0.4 is 21.3 Å². The first-order valence-corrected chi connectivity index (χ1v) is 18.3. The maximum Gasteiger partial charge on any atom is 0.408 e. The van der Waals surface area contributed by atoms with Crippen molar-refractivity contribution >= 4 is 41.4 Å². The number of likely N-dealkylation sites (N-methyl/N-ethyl adjacent to an activating group) is 1. The average Bonchev–Trinajstić information content (AvgIpc) is 3.56. The van der Waals surface area contributed by atoms with Crippen LogP contribution in [0, 0.1) is 5.41 Å². The third-order valence-corrected chi connectivity index (χ3v) is 8.81. The molecule has 0 saturated carbocycles. The monoisotopic (exact) mass is 758 g/mol. The van der Waals surface area contributed by atoms with E-state index in [2.05, 4.69) is 21.3 Å². The van der Waals surface area contributed by atoms with Crippen LogP contribution in [0.4, 0.5) is 4.79 Å². The van der Waals surface area contributed by atoms with Gasteiger partial charge in [0.2, 0.25) is 29.4 Å². The molecule has 0 aliphatic carbocycles. The molecule has 2 unspecified atom stereocenters. The van der Waals surface area contributed by atoms with Crippen LogP contribution in [0.5, 0.6) is 0 Å². The largest absolute Gasteiger partial charge is 0.444 e. The number of ketones is 1. The lowest BCUT2D eigenvalue weighted by Crippen LogP contribution is -2.61. The number of Topliss-reactive ketones (excluding diaryl/α,β-unsaturated/α-hetero) is 1. The van der Waals surface area contributed by atoms with Gasteiger partial charge in [-0.1, -0.05) is 70.9 Å². The molecular formula is C38H58N6O10. The summed E-state index contributed by atoms with van der Waals surface area (Å²) in [6, 6.07) is 3.83. The van der Waals surface area contributed by atoms with Crippen molar-refractivity contribution in [2.75, 3.05) is 27.2 Å². The fourth-order valence-electron chi connectivity index (χ4n) is 6.26. The van der Waals surface area contributed by atoms with Crippen LogP contribution in [0.3, 0.4) is 0 Å². The van der Waals surface area contributed by atoms with Crippen LogP contribution in [-0.4, -0.2) is 120 Å². The molecule has 6 atom stereocenters. The van der Waals surface area contributed by atoms with Gasteiger partial charge in [0.05, 0.1) is 19.1 Å². The summed E-state index contributed by atoms with van der Waals surface area (Å²) in [4.78, 5) is 96.4. The van der Waals surface area contributed by atoms with Gasteiger partial charge >= 0.3 is 6.09 Å². The molecule has 1 aromatic carbocycles. The number of nitrogens with zero attached hydrogens (tertiary/aromatic N) is 2. The van der Waals surface area contributed by atoms with Crippen molar-refractivity contribution in [3.63, 3.8) is 0 Å². The first-order chi connectivity index (χ1) is 25.0. The number of fused-ring (bicyclic) bond motifs is 1. The van der Waals surface area contributed by atoms with Gasteiger partial charge in [-0.3, -0.25) is 28.8 Å². The van der Waals surface area contributed by atoms with Gasteiger partial charge in [-0.15, -0.1) is 0 Å². The number of carbonyl (C=O) groups is 7. The van der Waals surface area contributed by atoms with Crippen LogP contribution in [0.1, 0.15) is 93.2 Å². The lowest BCUT2D eigenvalue weighted by atomic mass is 9.85. The molecule has 0 spiro atoms. The SMILES string of the molecule is CCCCC(NC(=O)[C@@H]1[C@H]2OC(C)(C)O[C@H]2CN1C(=O)[C@@H](NC(=O)OC(C)(C)C)C(C)(C)C)C(=O)C(=O)NCC(=O)NC(C(=O)N(C)C)c1ccccc1. The fourth-order valence-corrected chi connectivity index (χ4v) is 6.26. The predicted octanol–water partition coefficient (Wildman–Crippen LogP) is 1.96. The van der Waals surface area contributed by atoms with E-state index in [1.807, 2.05) is 6.92 Å². The second-order valence-electron chi connectivity index (χ2n) is 16.4. The van der Waals surface area contributed by atoms with Gasteiger partial charge < -0.3 is 45.3 Å². The van der Waals surface area contributed by atoms with Crippen molar-refractivity contribution < 1.29 is 47.8 Å². The molecule has 2 heterocycles. The first kappa shape index (κ1) is 43.8. The molecule has 2 fully saturated rings. The number of benzene rings is 1. The van der Waals surface area contributed by atoms with E-state index in [0.29, 0.717) is 18.4 Å². The highest BCUT2D eigenvalue weighted by molar-refractivity contribution is 6.38. The standard InChI is InChI=1S/C38H58N6O10/c1-12-13-19-23(28(46)32(48)39-20-25(45)41-26(33(49)43(10)11)22-17-15-14-16-18-22)40-31(47)27-29-24(52-38(8,9)53-29)21-44(27)34(50)30(36(2,3)4)42-35(51)54-37(5,6)7/h14-18,23-24,26-27,29-30H,12-13,19-21H2,1-11H3,(H,39,48)(H,40,47)(H,41,45)(H,42,51)/t23?,24-,26?,27-,29-,30+/m0/s1. The second-order valence-corrected chi connectivity index (χ2v) is 16.4. The number of ether oxygens (including phenoxy) is 3. The zero-order chi connectivity index (χ0) is 40.8. The molecule has 3 rings (SSSR count). The molecule has 0 radical (unpaired) electrons. The van der Waals surface area contributed by atoms with Gasteiger partial charge in [-0.05, 0) is 52.0 Å². The lowest BCUT2D eigenvalue weighted by Gasteiger charge is -2.37. The van der Waals surface area contributed by atoms with E-state index < -0.39 is 101 Å². The van der Waals surface area contributed by atoms with Crippen LogP contribution in [0.25, 0.3) is 0 Å². The summed E-state index contributed by atoms with van der Waals surface area (Å²) in [5.41, 5.74) is -1.12. The zero-order valence-electron chi connectivity index (χ0n) is 33.4. The van der Waals surface area contributed by atoms with Crippen molar-refractivity contribution in [3.05, 3.63) is 35.9 Å². The summed E-state index contributed by atoms with van der Waals surface area (Å²) in [7, 11) is 3.10. The Balaban J connectivity index is 1.80. The smallest absolute Gasteiger partial charge is 0.408 e. The maximum atomic E-state index is 14.3. The molecule has 0 bridgehead atoms. The number of unbranched alkanes of at least 4 members (excludes halogenated alkanes) is 1. The van der Waals surface area contributed by atoms with E-state index in [1.54, 1.807) is 99.8 Å². The van der Waals surface area contributed by atoms with Gasteiger partial charge in [0, 0.05) is 14.1 Å². The number of carbonyl (C=O) groups excluding carboxylic acids is 7. The Kier molecular flexibility index (Phi) is 14.4. The Morgan fingerprint density at radius 1 is 0.944 bits per heavy atom. The minimum Gasteiger partial charge on any atom is -0.444 e. The molecule has 6 amide bonds. The summed E-state index contributed by atoms with van der Waals surface area (Å²) in [6.45, 7) is 14.9. The number of rotatable bonds is 14. The van der Waals surface area contributed by atoms with Crippen molar-refractivity contribution in [1.82, 2.24) is 31.1 Å². The van der Waals surface area contributed by atoms with Crippen LogP contribution >= 0.6 is 0 Å². The average molecular weight is 759 g/mol. The summed E-state index contributed by atoms with van der Waals surface area (Å²) in [5, 5.41) is 10.3. The summed E-state index contributed by atoms with van der Waals surface area (Å²) in [5.74, 6) is -5.63. The van der Waals surface area contributed by atoms with Crippen molar-refractivity contribution in [2.24, 2.45) is 5.41 Å². The zero-order valence-corrected chi connectivity index (χ0v) is 33.4. The number of alkyl carbamates (subject to hydrolysis) is 1. The number of nitrogens with one attached hydrogen (secondary N) is 4. The van der Waals surface area contributed by atoms with Crippen molar-refractivity contribution in [3.8, 4) is 0 Å². The second kappa shape index (κ2) is 17.7. The molecule has 2 aliphatic heterocycles. The molecule has 2 saturated heterocycles. The molecule has 300 valence electrons. The Labute approximate surface area is 317 Å². The molecule has 2 aliphatic rings. The van der Waals surface area contributed by atoms with Crippen LogP contribution in [0.15, 0.2) is 30.3 Å². The van der Waals surface area contributed by atoms with E-state index >= 15 is 0 Å². The van der Waals surface area contributed by atoms with E-state index in [9.17, 15) is 33.6 Å². The normalized spacial score (nSPS) is 20.8. The Morgan fingerprint density at radius 3 is 2.13 bits per heavy atom.